The summed E-state index contributed by atoms with van der Waals surface area (Å²) in [6, 6.07) is 1.43. The fourth-order valence-electron chi connectivity index (χ4n) is 3.17. The van der Waals surface area contributed by atoms with E-state index in [2.05, 4.69) is 20.2 Å². The quantitative estimate of drug-likeness (QED) is 0.513. The maximum Gasteiger partial charge on any atom is 0.354 e. The van der Waals surface area contributed by atoms with Gasteiger partial charge in [0.05, 0.1) is 28.9 Å². The van der Waals surface area contributed by atoms with Crippen molar-refractivity contribution in [3.8, 4) is 22.1 Å². The monoisotopic (exact) mass is 416 g/mol. The summed E-state index contributed by atoms with van der Waals surface area (Å²) in [4.78, 5) is 20.8. The van der Waals surface area contributed by atoms with E-state index in [1.165, 1.54) is 15.4 Å². The van der Waals surface area contributed by atoms with Gasteiger partial charge in [-0.2, -0.15) is 10.2 Å². The number of aromatic carboxylic acids is 1. The lowest BCUT2D eigenvalue weighted by molar-refractivity contribution is 0.0691. The number of hydrogen-bond acceptors (Lipinski definition) is 7. The van der Waals surface area contributed by atoms with Gasteiger partial charge in [-0.15, -0.1) is 11.3 Å². The van der Waals surface area contributed by atoms with Gasteiger partial charge in [0.15, 0.2) is 11.5 Å². The van der Waals surface area contributed by atoms with Crippen molar-refractivity contribution in [1.82, 2.24) is 29.5 Å². The first-order valence-corrected chi connectivity index (χ1v) is 9.57. The Balaban J connectivity index is 1.99. The topological polar surface area (TPSA) is 119 Å². The zero-order valence-corrected chi connectivity index (χ0v) is 16.7. The van der Waals surface area contributed by atoms with Crippen molar-refractivity contribution >= 4 is 28.2 Å². The van der Waals surface area contributed by atoms with Gasteiger partial charge in [0.2, 0.25) is 0 Å². The SMILES string of the molecule is CCn1nc(C)c(F)c1-c1nc(-c2nc(C(=O)O)cc3c2cnn3C)c(CO)s1. The van der Waals surface area contributed by atoms with Gasteiger partial charge in [-0.25, -0.2) is 19.2 Å². The van der Waals surface area contributed by atoms with Crippen molar-refractivity contribution in [2.45, 2.75) is 27.0 Å². The molecule has 0 aliphatic rings. The second kappa shape index (κ2) is 7.01. The summed E-state index contributed by atoms with van der Waals surface area (Å²) < 4.78 is 17.7. The minimum Gasteiger partial charge on any atom is -0.477 e. The average molecular weight is 416 g/mol. The fraction of sp³-hybridized carbons (Fsp3) is 0.278. The van der Waals surface area contributed by atoms with Crippen LogP contribution in [0.1, 0.15) is 28.0 Å². The number of aliphatic hydroxyl groups is 1. The lowest BCUT2D eigenvalue weighted by atomic mass is 10.1. The van der Waals surface area contributed by atoms with Crippen LogP contribution in [0.5, 0.6) is 0 Å². The number of thiazole rings is 1. The van der Waals surface area contributed by atoms with Gasteiger partial charge < -0.3 is 10.2 Å². The Kier molecular flexibility index (Phi) is 4.63. The van der Waals surface area contributed by atoms with E-state index in [4.69, 9.17) is 0 Å². The van der Waals surface area contributed by atoms with Gasteiger partial charge in [-0.3, -0.25) is 9.36 Å². The van der Waals surface area contributed by atoms with Gasteiger partial charge in [0, 0.05) is 19.0 Å². The predicted octanol–water partition coefficient (Wildman–Crippen LogP) is 2.61. The summed E-state index contributed by atoms with van der Waals surface area (Å²) >= 11 is 1.12. The second-order valence-corrected chi connectivity index (χ2v) is 7.46. The second-order valence-electron chi connectivity index (χ2n) is 6.37. The van der Waals surface area contributed by atoms with Crippen LogP contribution in [-0.4, -0.2) is 45.7 Å². The van der Waals surface area contributed by atoms with Gasteiger partial charge >= 0.3 is 5.97 Å². The van der Waals surface area contributed by atoms with Crippen molar-refractivity contribution in [2.75, 3.05) is 0 Å². The van der Waals surface area contributed by atoms with E-state index in [0.29, 0.717) is 33.0 Å². The number of hydrogen-bond donors (Lipinski definition) is 2. The number of halogens is 1. The highest BCUT2D eigenvalue weighted by Crippen LogP contribution is 2.37. The highest BCUT2D eigenvalue weighted by atomic mass is 32.1. The molecule has 9 nitrogen and oxygen atoms in total. The molecule has 2 N–H and O–H groups in total. The summed E-state index contributed by atoms with van der Waals surface area (Å²) in [6.45, 7) is 3.51. The highest BCUT2D eigenvalue weighted by Gasteiger charge is 2.25. The predicted molar refractivity (Wildman–Crippen MR) is 104 cm³/mol. The number of rotatable bonds is 5. The summed E-state index contributed by atoms with van der Waals surface area (Å²) in [5, 5.41) is 28.6. The van der Waals surface area contributed by atoms with Gasteiger partial charge in [-0.05, 0) is 19.9 Å². The molecule has 0 aliphatic heterocycles. The minimum absolute atomic E-state index is 0.171. The molecule has 4 rings (SSSR count). The van der Waals surface area contributed by atoms with Crippen LogP contribution in [0.15, 0.2) is 12.3 Å². The lowest BCUT2D eigenvalue weighted by Gasteiger charge is -2.04. The van der Waals surface area contributed by atoms with Gasteiger partial charge in [-0.1, -0.05) is 0 Å². The molecule has 0 unspecified atom stereocenters. The molecule has 0 atom stereocenters. The Hall–Kier alpha value is -3.18. The van der Waals surface area contributed by atoms with Crippen LogP contribution in [0.2, 0.25) is 0 Å². The molecule has 150 valence electrons. The zero-order valence-electron chi connectivity index (χ0n) is 15.8. The number of aliphatic hydroxyl groups excluding tert-OH is 1. The molecule has 0 amide bonds. The normalized spacial score (nSPS) is 11.5. The van der Waals surface area contributed by atoms with E-state index in [9.17, 15) is 19.4 Å². The van der Waals surface area contributed by atoms with Crippen LogP contribution in [-0.2, 0) is 20.2 Å². The summed E-state index contributed by atoms with van der Waals surface area (Å²) in [6.07, 6.45) is 1.56. The Morgan fingerprint density at radius 3 is 2.72 bits per heavy atom. The molecule has 0 saturated heterocycles. The zero-order chi connectivity index (χ0) is 20.9. The molecule has 0 aliphatic carbocycles. The molecule has 0 spiro atoms. The lowest BCUT2D eigenvalue weighted by Crippen LogP contribution is -2.03. The third-order valence-corrected chi connectivity index (χ3v) is 5.63. The van der Waals surface area contributed by atoms with Crippen LogP contribution in [0, 0.1) is 12.7 Å². The molecule has 0 aromatic carbocycles. The Morgan fingerprint density at radius 2 is 2.07 bits per heavy atom. The average Bonchev–Trinajstić information content (AvgIpc) is 3.37. The Morgan fingerprint density at radius 1 is 1.31 bits per heavy atom. The molecular formula is C18H17FN6O3S. The van der Waals surface area contributed by atoms with E-state index in [-0.39, 0.29) is 29.4 Å². The molecule has 4 aromatic rings. The molecule has 0 bridgehead atoms. The number of nitrogens with zero attached hydrogens (tertiary/aromatic N) is 6. The summed E-state index contributed by atoms with van der Waals surface area (Å²) in [7, 11) is 1.69. The van der Waals surface area contributed by atoms with E-state index in [1.54, 1.807) is 20.2 Å². The van der Waals surface area contributed by atoms with Gasteiger partial charge in [0.25, 0.3) is 0 Å². The van der Waals surface area contributed by atoms with Crippen LogP contribution in [0.3, 0.4) is 0 Å². The highest BCUT2D eigenvalue weighted by molar-refractivity contribution is 7.15. The molecule has 0 fully saturated rings. The van der Waals surface area contributed by atoms with E-state index < -0.39 is 11.8 Å². The molecule has 29 heavy (non-hydrogen) atoms. The third-order valence-electron chi connectivity index (χ3n) is 4.59. The maximum absolute atomic E-state index is 14.7. The first kappa shape index (κ1) is 19.2. The largest absolute Gasteiger partial charge is 0.477 e. The molecule has 4 aromatic heterocycles. The summed E-state index contributed by atoms with van der Waals surface area (Å²) in [5.41, 5.74) is 1.45. The van der Waals surface area contributed by atoms with Crippen molar-refractivity contribution < 1.29 is 19.4 Å². The van der Waals surface area contributed by atoms with Crippen molar-refractivity contribution in [2.24, 2.45) is 7.05 Å². The number of pyridine rings is 1. The third kappa shape index (κ3) is 2.98. The summed E-state index contributed by atoms with van der Waals surface area (Å²) in [5.74, 6) is -1.67. The number of aromatic nitrogens is 6. The first-order chi connectivity index (χ1) is 13.8. The molecule has 4 heterocycles. The van der Waals surface area contributed by atoms with E-state index in [0.717, 1.165) is 11.3 Å². The van der Waals surface area contributed by atoms with Crippen LogP contribution in [0.4, 0.5) is 4.39 Å². The number of carboxylic acid groups (broad SMARTS) is 1. The number of aryl methyl sites for hydroxylation is 3. The molecular weight excluding hydrogens is 399 g/mol. The van der Waals surface area contributed by atoms with E-state index in [1.807, 2.05) is 6.92 Å². The molecule has 11 heteroatoms. The van der Waals surface area contributed by atoms with Crippen molar-refractivity contribution in [1.29, 1.82) is 0 Å². The Bertz CT molecular complexity index is 1260. The van der Waals surface area contributed by atoms with Crippen molar-refractivity contribution in [3.63, 3.8) is 0 Å². The van der Waals surface area contributed by atoms with Crippen LogP contribution in [0.25, 0.3) is 33.0 Å². The minimum atomic E-state index is -1.19. The molecule has 0 radical (unpaired) electrons. The number of fused-ring (bicyclic) bond motifs is 1. The van der Waals surface area contributed by atoms with Crippen molar-refractivity contribution in [3.05, 3.63) is 34.3 Å². The number of carboxylic acids is 1. The fourth-order valence-corrected chi connectivity index (χ4v) is 4.14. The smallest absolute Gasteiger partial charge is 0.354 e. The molecule has 0 saturated carbocycles. The maximum atomic E-state index is 14.7. The van der Waals surface area contributed by atoms with Gasteiger partial charge in [0.1, 0.15) is 22.1 Å². The van der Waals surface area contributed by atoms with Crippen LogP contribution < -0.4 is 0 Å². The Labute approximate surface area is 168 Å². The number of carbonyl (C=O) groups is 1. The first-order valence-electron chi connectivity index (χ1n) is 8.75. The van der Waals surface area contributed by atoms with E-state index >= 15 is 0 Å². The van der Waals surface area contributed by atoms with Crippen LogP contribution >= 0.6 is 11.3 Å². The standard InChI is InChI=1S/C18H17FN6O3S/c1-4-25-16(13(19)8(2)23-25)17-22-15(12(7-26)29-17)14-9-6-20-24(3)11(9)5-10(21-14)18(27)28/h5-6,26H,4,7H2,1-3H3,(H,27,28).